The first-order valence-corrected chi connectivity index (χ1v) is 15.5. The quantitative estimate of drug-likeness (QED) is 0.117. The standard InChI is InChI=1S/C20H9Br2O5.C8H10O2.Hg.2Na.H2O/c21-13-5-11-17(7-15(13)23)27-18-8-16(24)14(22)6-12(18)19(11)9-3-1-2-4-10(9)20(25)26;1-7(9)10-8-5-3-2-4-6-8;;;;/h1-7,24H,(H,25,26);2-7,9H,1H3;;;;1H2/q;;;2*+1;/p-2. The molecular weight excluding hydrogens is 871 g/mol. The average molecular weight is 890 g/mol. The predicted octanol–water partition coefficient (Wildman–Crippen LogP) is -2.71. The number of carbonyl (C=O) groups excluding carboxylic acids is 1. The summed E-state index contributed by atoms with van der Waals surface area (Å²) in [4.78, 5) is 23.9. The van der Waals surface area contributed by atoms with Crippen molar-refractivity contribution >= 4 is 51.9 Å². The van der Waals surface area contributed by atoms with Gasteiger partial charge in [-0.3, -0.25) is 0 Å². The summed E-state index contributed by atoms with van der Waals surface area (Å²) in [7, 11) is 0. The van der Waals surface area contributed by atoms with E-state index in [2.05, 4.69) is 31.9 Å². The molecule has 41 heavy (non-hydrogen) atoms. The molecule has 0 radical (unpaired) electrons. The Balaban J connectivity index is 0.000000555. The van der Waals surface area contributed by atoms with Gasteiger partial charge in [-0.15, -0.1) is 0 Å². The Morgan fingerprint density at radius 2 is 1.59 bits per heavy atom. The van der Waals surface area contributed by atoms with Crippen molar-refractivity contribution in [2.45, 2.75) is 13.2 Å². The Kier molecular flexibility index (Phi) is 15.8. The van der Waals surface area contributed by atoms with Crippen molar-refractivity contribution in [1.82, 2.24) is 0 Å². The Morgan fingerprint density at radius 3 is 2.20 bits per heavy atom. The van der Waals surface area contributed by atoms with Crippen molar-refractivity contribution in [2.75, 3.05) is 0 Å². The molecule has 0 bridgehead atoms. The van der Waals surface area contributed by atoms with Gasteiger partial charge in [-0.2, -0.15) is 0 Å². The molecule has 1 unspecified atom stereocenters. The number of hydrogen-bond donors (Lipinski definition) is 1. The Hall–Kier alpha value is -0.765. The maximum absolute atomic E-state index is 12.4. The molecule has 0 saturated heterocycles. The molecule has 1 heterocycles. The average Bonchev–Trinajstić information content (AvgIpc) is 2.88. The first kappa shape index (κ1) is 38.3. The van der Waals surface area contributed by atoms with Gasteiger partial charge in [-0.05, 0) is 19.1 Å². The molecule has 0 amide bonds. The third-order valence-corrected chi connectivity index (χ3v) is 9.24. The van der Waals surface area contributed by atoms with E-state index in [4.69, 9.17) is 14.3 Å². The van der Waals surface area contributed by atoms with Crippen molar-refractivity contribution in [3.8, 4) is 33.9 Å². The fourth-order valence-electron chi connectivity index (χ4n) is 3.90. The van der Waals surface area contributed by atoms with Gasteiger partial charge in [0.15, 0.2) is 6.29 Å². The Morgan fingerprint density at radius 1 is 0.976 bits per heavy atom. The molecule has 3 N–H and O–H groups in total. The third-order valence-electron chi connectivity index (χ3n) is 5.53. The molecule has 2 aliphatic rings. The Bertz CT molecular complexity index is 1680. The van der Waals surface area contributed by atoms with Crippen LogP contribution in [0.25, 0.3) is 33.4 Å². The molecule has 197 valence electrons. The molecule has 3 aromatic carbocycles. The summed E-state index contributed by atoms with van der Waals surface area (Å²) in [5.41, 5.74) is 1.69. The van der Waals surface area contributed by atoms with Crippen LogP contribution in [-0.4, -0.2) is 22.8 Å². The summed E-state index contributed by atoms with van der Waals surface area (Å²) in [5.74, 6) is -0.487. The molecule has 1 aliphatic carbocycles. The number of carboxylic acid groups (broad SMARTS) is 1. The summed E-state index contributed by atoms with van der Waals surface area (Å²) in [6.45, 7) is 1.58. The van der Waals surface area contributed by atoms with Gasteiger partial charge in [0.05, 0.1) is 0 Å². The maximum Gasteiger partial charge on any atom is 1.00 e. The van der Waals surface area contributed by atoms with E-state index in [9.17, 15) is 19.8 Å². The second kappa shape index (κ2) is 16.9. The van der Waals surface area contributed by atoms with Crippen LogP contribution < -0.4 is 82.6 Å². The van der Waals surface area contributed by atoms with E-state index in [1.54, 1.807) is 49.4 Å². The number of para-hydroxylation sites is 1. The number of aliphatic hydroxyl groups is 1. The van der Waals surface area contributed by atoms with Crippen LogP contribution in [0.1, 0.15) is 17.3 Å². The van der Waals surface area contributed by atoms with Gasteiger partial charge in [-0.25, -0.2) is 0 Å². The largest absolute Gasteiger partial charge is 1.00 e. The molecule has 1 aliphatic heterocycles. The van der Waals surface area contributed by atoms with Crippen LogP contribution >= 0.6 is 31.9 Å². The zero-order valence-electron chi connectivity index (χ0n) is 22.4. The minimum Gasteiger partial charge on any atom is 1.00 e. The minimum atomic E-state index is -1.31. The smallest absolute Gasteiger partial charge is 1.00 e. The first-order valence-electron chi connectivity index (χ1n) is 11.2. The number of hydrogen-bond acceptors (Lipinski definition) is 7. The van der Waals surface area contributed by atoms with Crippen molar-refractivity contribution < 1.29 is 120 Å². The number of fused-ring (bicyclic) bond motifs is 2. The number of carboxylic acids is 1. The number of aliphatic hydroxyl groups excluding tert-OH is 1. The van der Waals surface area contributed by atoms with Gasteiger partial charge < -0.3 is 15.3 Å². The molecule has 5 rings (SSSR count). The van der Waals surface area contributed by atoms with Crippen molar-refractivity contribution in [3.05, 3.63) is 97.5 Å². The Labute approximate surface area is 312 Å². The first-order chi connectivity index (χ1) is 18.1. The van der Waals surface area contributed by atoms with Crippen LogP contribution in [-0.2, 0) is 26.1 Å². The van der Waals surface area contributed by atoms with Gasteiger partial charge in [0, 0.05) is 0 Å². The van der Waals surface area contributed by atoms with Crippen molar-refractivity contribution in [3.63, 3.8) is 0 Å². The van der Waals surface area contributed by atoms with Crippen LogP contribution in [0.2, 0.25) is 0 Å². The van der Waals surface area contributed by atoms with Gasteiger partial charge in [0.2, 0.25) is 0 Å². The number of ether oxygens (including phenoxy) is 1. The number of rotatable bonds is 4. The summed E-state index contributed by atoms with van der Waals surface area (Å²) < 4.78 is 12.2. The van der Waals surface area contributed by atoms with E-state index in [1.165, 1.54) is 12.1 Å². The van der Waals surface area contributed by atoms with Crippen LogP contribution in [0.15, 0.2) is 91.0 Å². The van der Waals surface area contributed by atoms with Crippen molar-refractivity contribution in [1.29, 1.82) is 0 Å². The molecule has 0 spiro atoms. The molecule has 1 atom stereocenters. The fourth-order valence-corrected chi connectivity index (χ4v) is 7.48. The predicted molar refractivity (Wildman–Crippen MR) is 146 cm³/mol. The van der Waals surface area contributed by atoms with Gasteiger partial charge in [0.25, 0.3) is 0 Å². The molecule has 0 fully saturated rings. The fraction of sp³-hybridized carbons (Fsp3) is 0.0714. The van der Waals surface area contributed by atoms with E-state index in [0.29, 0.717) is 45.4 Å². The molecule has 8 nitrogen and oxygen atoms in total. The molecule has 0 aromatic heterocycles. The number of benzene rings is 4. The van der Waals surface area contributed by atoms with E-state index in [0.717, 1.165) is 0 Å². The summed E-state index contributed by atoms with van der Waals surface area (Å²) in [6, 6.07) is 20.3. The summed E-state index contributed by atoms with van der Waals surface area (Å²) in [5, 5.41) is 33.5. The van der Waals surface area contributed by atoms with Gasteiger partial charge in [0.1, 0.15) is 5.75 Å². The topological polar surface area (TPSA) is 154 Å². The molecule has 13 heteroatoms. The van der Waals surface area contributed by atoms with Crippen LogP contribution in [0, 0.1) is 0 Å². The monoisotopic (exact) mass is 889 g/mol. The number of halogens is 2. The molecular formula is C28H19Br2HgNa2O8. The number of carbonyl (C=O) groups is 1. The van der Waals surface area contributed by atoms with Crippen LogP contribution in [0.5, 0.6) is 11.5 Å². The van der Waals surface area contributed by atoms with Crippen molar-refractivity contribution in [2.24, 2.45) is 0 Å². The number of aromatic carboxylic acids is 1. The summed E-state index contributed by atoms with van der Waals surface area (Å²) >= 11 is 6.47. The minimum absolute atomic E-state index is 0. The van der Waals surface area contributed by atoms with Crippen LogP contribution in [0.4, 0.5) is 0 Å². The normalized spacial score (nSPS) is 10.8. The van der Waals surface area contributed by atoms with E-state index < -0.39 is 12.3 Å². The van der Waals surface area contributed by atoms with E-state index in [1.807, 2.05) is 18.2 Å². The zero-order valence-corrected chi connectivity index (χ0v) is 35.0. The molecule has 0 saturated carbocycles. The zero-order chi connectivity index (χ0) is 27.6. The van der Waals surface area contributed by atoms with E-state index >= 15 is 0 Å². The van der Waals surface area contributed by atoms with Gasteiger partial charge in [-0.1, -0.05) is 18.2 Å². The summed E-state index contributed by atoms with van der Waals surface area (Å²) in [6.07, 6.45) is -0.734. The second-order valence-electron chi connectivity index (χ2n) is 8.16. The van der Waals surface area contributed by atoms with Crippen LogP contribution in [0.3, 0.4) is 0 Å². The SMILES string of the molecule is CC(O)Oc1ccccc1.O.O=C([O-])c1ccccc1-c1c2cc(Br)c(=O)cc-2oc2[c]([Hg])c([O-])c(Br)cc12.[Na+].[Na+]. The third kappa shape index (κ3) is 8.89. The van der Waals surface area contributed by atoms with Gasteiger partial charge >= 0.3 is 252 Å². The van der Waals surface area contributed by atoms with E-state index in [-0.39, 0.29) is 113 Å². The maximum atomic E-state index is 12.4. The molecule has 3 aromatic rings. The second-order valence-corrected chi connectivity index (χ2v) is 12.6.